The maximum Gasteiger partial charge on any atom is 0.254 e. The van der Waals surface area contributed by atoms with Crippen LogP contribution in [0.15, 0.2) is 48.5 Å². The minimum absolute atomic E-state index is 0. The first-order valence-electron chi connectivity index (χ1n) is 8.46. The van der Waals surface area contributed by atoms with E-state index in [-0.39, 0.29) is 23.7 Å². The molecule has 140 valence electrons. The number of carbonyl (C=O) groups excluding carboxylic acids is 1. The number of halogens is 2. The van der Waals surface area contributed by atoms with Gasteiger partial charge in [0.1, 0.15) is 12.4 Å². The number of ether oxygens (including phenoxy) is 1. The van der Waals surface area contributed by atoms with Crippen molar-refractivity contribution in [2.45, 2.75) is 20.0 Å². The van der Waals surface area contributed by atoms with E-state index in [1.165, 1.54) is 0 Å². The van der Waals surface area contributed by atoms with E-state index < -0.39 is 0 Å². The molecule has 1 atom stereocenters. The summed E-state index contributed by atoms with van der Waals surface area (Å²) >= 11 is 5.99. The van der Waals surface area contributed by atoms with Gasteiger partial charge in [-0.15, -0.1) is 12.4 Å². The Morgan fingerprint density at radius 3 is 2.73 bits per heavy atom. The average Bonchev–Trinajstić information content (AvgIpc) is 3.03. The average molecular weight is 395 g/mol. The van der Waals surface area contributed by atoms with Gasteiger partial charge < -0.3 is 15.4 Å². The Kier molecular flexibility index (Phi) is 6.93. The summed E-state index contributed by atoms with van der Waals surface area (Å²) in [6.45, 7) is 4.59. The van der Waals surface area contributed by atoms with Crippen molar-refractivity contribution in [1.82, 2.24) is 4.90 Å². The number of likely N-dealkylation sites (tertiary alicyclic amines) is 1. The number of carbonyl (C=O) groups is 1. The van der Waals surface area contributed by atoms with Gasteiger partial charge in [0.2, 0.25) is 0 Å². The van der Waals surface area contributed by atoms with Crippen LogP contribution in [0, 0.1) is 5.41 Å². The van der Waals surface area contributed by atoms with Crippen LogP contribution in [0.2, 0.25) is 5.02 Å². The Morgan fingerprint density at radius 1 is 1.27 bits per heavy atom. The van der Waals surface area contributed by atoms with Crippen molar-refractivity contribution in [3.05, 3.63) is 64.7 Å². The third-order valence-corrected chi connectivity index (χ3v) is 4.95. The third-order valence-electron chi connectivity index (χ3n) is 4.71. The van der Waals surface area contributed by atoms with E-state index in [0.29, 0.717) is 36.0 Å². The molecule has 6 heteroatoms. The molecule has 1 amide bonds. The van der Waals surface area contributed by atoms with Crippen molar-refractivity contribution in [3.8, 4) is 5.75 Å². The summed E-state index contributed by atoms with van der Waals surface area (Å²) < 4.78 is 5.81. The van der Waals surface area contributed by atoms with Crippen LogP contribution in [0.3, 0.4) is 0 Å². The summed E-state index contributed by atoms with van der Waals surface area (Å²) in [4.78, 5) is 14.6. The van der Waals surface area contributed by atoms with Gasteiger partial charge in [-0.1, -0.05) is 36.7 Å². The molecule has 1 aliphatic heterocycles. The monoisotopic (exact) mass is 394 g/mol. The highest BCUT2D eigenvalue weighted by Crippen LogP contribution is 2.30. The molecule has 26 heavy (non-hydrogen) atoms. The molecule has 2 N–H and O–H groups in total. The Labute approximate surface area is 165 Å². The Morgan fingerprint density at radius 2 is 2.04 bits per heavy atom. The highest BCUT2D eigenvalue weighted by Gasteiger charge is 2.35. The Bertz CT molecular complexity index is 769. The van der Waals surface area contributed by atoms with Gasteiger partial charge in [0.05, 0.1) is 0 Å². The molecule has 4 nitrogen and oxygen atoms in total. The quantitative estimate of drug-likeness (QED) is 0.828. The number of amides is 1. The second-order valence-electron chi connectivity index (χ2n) is 6.94. The first-order chi connectivity index (χ1) is 12.0. The van der Waals surface area contributed by atoms with Crippen LogP contribution >= 0.6 is 24.0 Å². The van der Waals surface area contributed by atoms with Crippen LogP contribution in [0.5, 0.6) is 5.75 Å². The normalized spacial score (nSPS) is 19.1. The molecule has 0 spiro atoms. The molecule has 2 aromatic carbocycles. The Hall–Kier alpha value is -1.75. The number of benzene rings is 2. The van der Waals surface area contributed by atoms with E-state index in [0.717, 1.165) is 18.5 Å². The van der Waals surface area contributed by atoms with Crippen LogP contribution in [-0.2, 0) is 6.61 Å². The Balaban J connectivity index is 0.00000243. The van der Waals surface area contributed by atoms with Crippen molar-refractivity contribution in [3.63, 3.8) is 0 Å². The van der Waals surface area contributed by atoms with Crippen molar-refractivity contribution >= 4 is 29.9 Å². The highest BCUT2D eigenvalue weighted by atomic mass is 35.5. The zero-order chi connectivity index (χ0) is 17.9. The highest BCUT2D eigenvalue weighted by molar-refractivity contribution is 6.30. The minimum atomic E-state index is 0. The molecule has 1 unspecified atom stereocenters. The zero-order valence-corrected chi connectivity index (χ0v) is 16.4. The summed E-state index contributed by atoms with van der Waals surface area (Å²) in [5.41, 5.74) is 7.49. The second-order valence-corrected chi connectivity index (χ2v) is 7.37. The van der Waals surface area contributed by atoms with E-state index in [4.69, 9.17) is 22.1 Å². The first kappa shape index (κ1) is 20.6. The number of hydrogen-bond donors (Lipinski definition) is 1. The van der Waals surface area contributed by atoms with Crippen molar-refractivity contribution in [2.24, 2.45) is 11.1 Å². The van der Waals surface area contributed by atoms with E-state index >= 15 is 0 Å². The van der Waals surface area contributed by atoms with E-state index in [1.807, 2.05) is 47.4 Å². The van der Waals surface area contributed by atoms with Crippen LogP contribution in [0.25, 0.3) is 0 Å². The van der Waals surface area contributed by atoms with E-state index in [1.54, 1.807) is 6.07 Å². The van der Waals surface area contributed by atoms with Gasteiger partial charge in [0.25, 0.3) is 5.91 Å². The SMILES string of the molecule is CC1(CN)CCN(C(=O)c2cccc(OCc3cccc(Cl)c3)c2)C1.Cl. The number of nitrogens with two attached hydrogens (primary N) is 1. The fourth-order valence-electron chi connectivity index (χ4n) is 3.06. The van der Waals surface area contributed by atoms with Gasteiger partial charge in [0.15, 0.2) is 0 Å². The molecule has 1 heterocycles. The molecule has 2 aromatic rings. The molecular formula is C20H24Cl2N2O2. The topological polar surface area (TPSA) is 55.6 Å². The molecule has 0 radical (unpaired) electrons. The molecule has 1 fully saturated rings. The molecule has 0 bridgehead atoms. The molecule has 3 rings (SSSR count). The lowest BCUT2D eigenvalue weighted by molar-refractivity contribution is 0.0776. The summed E-state index contributed by atoms with van der Waals surface area (Å²) in [5, 5.41) is 0.682. The van der Waals surface area contributed by atoms with Crippen molar-refractivity contribution in [2.75, 3.05) is 19.6 Å². The van der Waals surface area contributed by atoms with E-state index in [2.05, 4.69) is 6.92 Å². The molecule has 0 saturated carbocycles. The minimum Gasteiger partial charge on any atom is -0.489 e. The van der Waals surface area contributed by atoms with Gasteiger partial charge in [-0.25, -0.2) is 0 Å². The largest absolute Gasteiger partial charge is 0.489 e. The van der Waals surface area contributed by atoms with Gasteiger partial charge >= 0.3 is 0 Å². The lowest BCUT2D eigenvalue weighted by Gasteiger charge is -2.22. The molecule has 0 aromatic heterocycles. The molecule has 0 aliphatic carbocycles. The fourth-order valence-corrected chi connectivity index (χ4v) is 3.27. The number of hydrogen-bond acceptors (Lipinski definition) is 3. The van der Waals surface area contributed by atoms with Gasteiger partial charge in [0, 0.05) is 23.7 Å². The molecular weight excluding hydrogens is 371 g/mol. The summed E-state index contributed by atoms with van der Waals surface area (Å²) in [5.74, 6) is 0.706. The predicted octanol–water partition coefficient (Wildman–Crippen LogP) is 4.15. The van der Waals surface area contributed by atoms with Gasteiger partial charge in [-0.05, 0) is 54.3 Å². The fraction of sp³-hybridized carbons (Fsp3) is 0.350. The maximum atomic E-state index is 12.7. The first-order valence-corrected chi connectivity index (χ1v) is 8.84. The zero-order valence-electron chi connectivity index (χ0n) is 14.8. The summed E-state index contributed by atoms with van der Waals surface area (Å²) in [7, 11) is 0. The lowest BCUT2D eigenvalue weighted by Crippen LogP contribution is -2.34. The van der Waals surface area contributed by atoms with E-state index in [9.17, 15) is 4.79 Å². The third kappa shape index (κ3) is 4.91. The van der Waals surface area contributed by atoms with Crippen LogP contribution in [0.4, 0.5) is 0 Å². The van der Waals surface area contributed by atoms with Crippen molar-refractivity contribution < 1.29 is 9.53 Å². The second kappa shape index (κ2) is 8.76. The predicted molar refractivity (Wildman–Crippen MR) is 107 cm³/mol. The standard InChI is InChI=1S/C20H23ClN2O2.ClH/c1-20(13-22)8-9-23(14-20)19(24)16-5-3-7-18(11-16)25-12-15-4-2-6-17(21)10-15;/h2-7,10-11H,8-9,12-14,22H2,1H3;1H. The molecule has 1 aliphatic rings. The smallest absolute Gasteiger partial charge is 0.254 e. The number of nitrogens with zero attached hydrogens (tertiary/aromatic N) is 1. The van der Waals surface area contributed by atoms with Crippen molar-refractivity contribution in [1.29, 1.82) is 0 Å². The maximum absolute atomic E-state index is 12.7. The van der Waals surface area contributed by atoms with Gasteiger partial charge in [-0.3, -0.25) is 4.79 Å². The number of rotatable bonds is 5. The summed E-state index contributed by atoms with van der Waals surface area (Å²) in [6, 6.07) is 14.9. The van der Waals surface area contributed by atoms with Crippen LogP contribution in [0.1, 0.15) is 29.3 Å². The summed E-state index contributed by atoms with van der Waals surface area (Å²) in [6.07, 6.45) is 0.945. The lowest BCUT2D eigenvalue weighted by atomic mass is 9.90. The molecule has 1 saturated heterocycles. The van der Waals surface area contributed by atoms with Crippen LogP contribution in [-0.4, -0.2) is 30.4 Å². The van der Waals surface area contributed by atoms with Crippen LogP contribution < -0.4 is 10.5 Å². The van der Waals surface area contributed by atoms with Gasteiger partial charge in [-0.2, -0.15) is 0 Å².